The molecule has 42 valence electrons. The lowest BCUT2D eigenvalue weighted by molar-refractivity contribution is 0.565. The average molecular weight is 112 g/mol. The highest BCUT2D eigenvalue weighted by molar-refractivity contribution is 4.92. The summed E-state index contributed by atoms with van der Waals surface area (Å²) in [7, 11) is 0. The Kier molecular flexibility index (Phi) is 1.20. The normalized spacial score (nSPS) is 9.25. The second kappa shape index (κ2) is 1.86. The van der Waals surface area contributed by atoms with Gasteiger partial charge in [-0.3, -0.25) is 4.98 Å². The van der Waals surface area contributed by atoms with Crippen LogP contribution < -0.4 is 0 Å². The van der Waals surface area contributed by atoms with Gasteiger partial charge in [0.2, 0.25) is 5.95 Å². The standard InChI is InChI=1S/C5H5FN2/c1-4-5(6)8-3-2-7-4/h2-3H,1H3. The Labute approximate surface area is 46.4 Å². The summed E-state index contributed by atoms with van der Waals surface area (Å²) in [6.45, 7) is 1.57. The summed E-state index contributed by atoms with van der Waals surface area (Å²) >= 11 is 0. The van der Waals surface area contributed by atoms with Gasteiger partial charge in [0.1, 0.15) is 0 Å². The first kappa shape index (κ1) is 5.15. The minimum atomic E-state index is -0.493. The molecule has 0 bridgehead atoms. The molecule has 0 spiro atoms. The zero-order valence-corrected chi connectivity index (χ0v) is 4.43. The van der Waals surface area contributed by atoms with Gasteiger partial charge in [-0.25, -0.2) is 4.98 Å². The van der Waals surface area contributed by atoms with Crippen molar-refractivity contribution in [2.45, 2.75) is 6.92 Å². The van der Waals surface area contributed by atoms with Crippen molar-refractivity contribution in [1.82, 2.24) is 9.97 Å². The monoisotopic (exact) mass is 112 g/mol. The zero-order valence-electron chi connectivity index (χ0n) is 4.43. The first-order valence-corrected chi connectivity index (χ1v) is 2.24. The van der Waals surface area contributed by atoms with E-state index in [9.17, 15) is 4.39 Å². The maximum absolute atomic E-state index is 12.1. The predicted octanol–water partition coefficient (Wildman–Crippen LogP) is 0.924. The van der Waals surface area contributed by atoms with Crippen molar-refractivity contribution >= 4 is 0 Å². The number of aryl methyl sites for hydroxylation is 1. The molecule has 0 saturated heterocycles. The van der Waals surface area contributed by atoms with E-state index in [4.69, 9.17) is 0 Å². The van der Waals surface area contributed by atoms with Crippen molar-refractivity contribution in [3.8, 4) is 0 Å². The van der Waals surface area contributed by atoms with E-state index in [1.165, 1.54) is 12.4 Å². The fourth-order valence-corrected chi connectivity index (χ4v) is 0.391. The van der Waals surface area contributed by atoms with E-state index in [0.717, 1.165) is 0 Å². The molecule has 1 heterocycles. The number of halogens is 1. The molecular formula is C5H5FN2. The topological polar surface area (TPSA) is 25.8 Å². The van der Waals surface area contributed by atoms with Crippen LogP contribution in [0.2, 0.25) is 0 Å². The summed E-state index contributed by atoms with van der Waals surface area (Å²) in [4.78, 5) is 6.99. The van der Waals surface area contributed by atoms with Crippen LogP contribution in [0.5, 0.6) is 0 Å². The van der Waals surface area contributed by atoms with Crippen LogP contribution in [0.3, 0.4) is 0 Å². The van der Waals surface area contributed by atoms with Crippen molar-refractivity contribution in [1.29, 1.82) is 0 Å². The summed E-state index contributed by atoms with van der Waals surface area (Å²) < 4.78 is 12.1. The van der Waals surface area contributed by atoms with Crippen LogP contribution in [0.4, 0.5) is 4.39 Å². The summed E-state index contributed by atoms with van der Waals surface area (Å²) in [5.74, 6) is -0.493. The number of aromatic nitrogens is 2. The molecule has 1 aromatic rings. The van der Waals surface area contributed by atoms with Crippen LogP contribution in [0.25, 0.3) is 0 Å². The van der Waals surface area contributed by atoms with E-state index in [-0.39, 0.29) is 0 Å². The van der Waals surface area contributed by atoms with E-state index in [2.05, 4.69) is 9.97 Å². The van der Waals surface area contributed by atoms with Crippen molar-refractivity contribution in [3.63, 3.8) is 0 Å². The highest BCUT2D eigenvalue weighted by atomic mass is 19.1. The van der Waals surface area contributed by atoms with Crippen LogP contribution in [0.15, 0.2) is 12.4 Å². The highest BCUT2D eigenvalue weighted by Gasteiger charge is 1.92. The second-order valence-corrected chi connectivity index (χ2v) is 1.43. The molecule has 0 N–H and O–H groups in total. The summed E-state index contributed by atoms with van der Waals surface area (Å²) in [6.07, 6.45) is 2.78. The van der Waals surface area contributed by atoms with Crippen LogP contribution in [-0.2, 0) is 0 Å². The quantitative estimate of drug-likeness (QED) is 0.498. The van der Waals surface area contributed by atoms with Gasteiger partial charge in [0.15, 0.2) is 0 Å². The van der Waals surface area contributed by atoms with Gasteiger partial charge >= 0.3 is 0 Å². The molecule has 0 unspecified atom stereocenters. The first-order chi connectivity index (χ1) is 3.80. The maximum Gasteiger partial charge on any atom is 0.234 e. The number of rotatable bonds is 0. The van der Waals surface area contributed by atoms with Crippen molar-refractivity contribution < 1.29 is 4.39 Å². The molecule has 1 aromatic heterocycles. The smallest absolute Gasteiger partial charge is 0.234 e. The van der Waals surface area contributed by atoms with E-state index in [0.29, 0.717) is 5.69 Å². The Hall–Kier alpha value is -0.990. The molecule has 0 amide bonds. The van der Waals surface area contributed by atoms with Gasteiger partial charge < -0.3 is 0 Å². The summed E-state index contributed by atoms with van der Waals surface area (Å²) in [5, 5.41) is 0. The Morgan fingerprint density at radius 2 is 2.00 bits per heavy atom. The molecule has 3 heteroatoms. The maximum atomic E-state index is 12.1. The number of nitrogens with zero attached hydrogens (tertiary/aromatic N) is 2. The molecule has 8 heavy (non-hydrogen) atoms. The van der Waals surface area contributed by atoms with Gasteiger partial charge in [0, 0.05) is 12.4 Å². The Morgan fingerprint density at radius 1 is 1.38 bits per heavy atom. The molecule has 1 rings (SSSR count). The SMILES string of the molecule is Cc1nccnc1F. The van der Waals surface area contributed by atoms with Crippen LogP contribution >= 0.6 is 0 Å². The van der Waals surface area contributed by atoms with E-state index >= 15 is 0 Å². The van der Waals surface area contributed by atoms with Crippen molar-refractivity contribution in [3.05, 3.63) is 24.0 Å². The fraction of sp³-hybridized carbons (Fsp3) is 0.200. The molecule has 0 aliphatic heterocycles. The number of hydrogen-bond acceptors (Lipinski definition) is 2. The molecule has 0 aliphatic rings. The minimum Gasteiger partial charge on any atom is -0.255 e. The van der Waals surface area contributed by atoms with Gasteiger partial charge in [-0.1, -0.05) is 0 Å². The van der Waals surface area contributed by atoms with E-state index in [1.54, 1.807) is 6.92 Å². The molecule has 0 aromatic carbocycles. The lowest BCUT2D eigenvalue weighted by atomic mass is 10.5. The van der Waals surface area contributed by atoms with Gasteiger partial charge in [-0.05, 0) is 6.92 Å². The second-order valence-electron chi connectivity index (χ2n) is 1.43. The summed E-state index contributed by atoms with van der Waals surface area (Å²) in [6, 6.07) is 0. The highest BCUT2D eigenvalue weighted by Crippen LogP contribution is 1.93. The molecule has 0 fully saturated rings. The fourth-order valence-electron chi connectivity index (χ4n) is 0.391. The first-order valence-electron chi connectivity index (χ1n) is 2.24. The van der Waals surface area contributed by atoms with Crippen LogP contribution in [0, 0.1) is 12.9 Å². The van der Waals surface area contributed by atoms with Gasteiger partial charge in [-0.15, -0.1) is 0 Å². The van der Waals surface area contributed by atoms with Crippen LogP contribution in [0.1, 0.15) is 5.69 Å². The Balaban J connectivity index is 3.13. The van der Waals surface area contributed by atoms with E-state index in [1.807, 2.05) is 0 Å². The van der Waals surface area contributed by atoms with Gasteiger partial charge in [0.25, 0.3) is 0 Å². The average Bonchev–Trinajstić information content (AvgIpc) is 1.77. The third kappa shape index (κ3) is 0.804. The minimum absolute atomic E-state index is 0.340. The van der Waals surface area contributed by atoms with Crippen molar-refractivity contribution in [2.75, 3.05) is 0 Å². The molecular weight excluding hydrogens is 107 g/mol. The summed E-state index contributed by atoms with van der Waals surface area (Å²) in [5.41, 5.74) is 0.340. The van der Waals surface area contributed by atoms with E-state index < -0.39 is 5.95 Å². The third-order valence-corrected chi connectivity index (χ3v) is 0.821. The molecule has 2 nitrogen and oxygen atoms in total. The largest absolute Gasteiger partial charge is 0.255 e. The molecule has 0 saturated carbocycles. The van der Waals surface area contributed by atoms with Crippen LogP contribution in [-0.4, -0.2) is 9.97 Å². The lowest BCUT2D eigenvalue weighted by Crippen LogP contribution is -1.88. The molecule has 0 aliphatic carbocycles. The van der Waals surface area contributed by atoms with Gasteiger partial charge in [-0.2, -0.15) is 4.39 Å². The lowest BCUT2D eigenvalue weighted by Gasteiger charge is -1.87. The number of hydrogen-bond donors (Lipinski definition) is 0. The zero-order chi connectivity index (χ0) is 5.98. The third-order valence-electron chi connectivity index (χ3n) is 0.821. The Morgan fingerprint density at radius 3 is 2.38 bits per heavy atom. The molecule has 0 atom stereocenters. The van der Waals surface area contributed by atoms with Gasteiger partial charge in [0.05, 0.1) is 5.69 Å². The predicted molar refractivity (Wildman–Crippen MR) is 26.7 cm³/mol. The van der Waals surface area contributed by atoms with Crippen molar-refractivity contribution in [2.24, 2.45) is 0 Å². The molecule has 0 radical (unpaired) electrons. The Bertz CT molecular complexity index is 167.